The molecule has 0 aliphatic carbocycles. The first-order valence-electron chi connectivity index (χ1n) is 7.78. The molecule has 0 radical (unpaired) electrons. The topological polar surface area (TPSA) is 84.7 Å². The van der Waals surface area contributed by atoms with Gasteiger partial charge in [-0.25, -0.2) is 4.79 Å². The van der Waals surface area contributed by atoms with Gasteiger partial charge < -0.3 is 15.0 Å². The number of ether oxygens (including phenoxy) is 1. The molecule has 1 saturated heterocycles. The molecule has 0 spiro atoms. The number of amides is 2. The minimum Gasteiger partial charge on any atom is -0.372 e. The van der Waals surface area contributed by atoms with Crippen molar-refractivity contribution in [1.29, 1.82) is 0 Å². The molecular weight excluding hydrogens is 298 g/mol. The van der Waals surface area contributed by atoms with Gasteiger partial charge in [0.25, 0.3) is 5.69 Å². The van der Waals surface area contributed by atoms with Gasteiger partial charge in [0, 0.05) is 18.7 Å². The fraction of sp³-hybridized carbons (Fsp3) is 0.562. The fourth-order valence-corrected chi connectivity index (χ4v) is 2.59. The van der Waals surface area contributed by atoms with E-state index >= 15 is 0 Å². The smallest absolute Gasteiger partial charge is 0.318 e. The lowest BCUT2D eigenvalue weighted by Crippen LogP contribution is -2.54. The number of carbonyl (C=O) groups excluding carboxylic acids is 1. The van der Waals surface area contributed by atoms with Crippen molar-refractivity contribution in [3.8, 4) is 0 Å². The van der Waals surface area contributed by atoms with E-state index in [0.717, 1.165) is 6.42 Å². The molecule has 1 aliphatic rings. The summed E-state index contributed by atoms with van der Waals surface area (Å²) in [6.45, 7) is 7.45. The van der Waals surface area contributed by atoms with E-state index in [0.29, 0.717) is 25.3 Å². The minimum atomic E-state index is -0.438. The monoisotopic (exact) mass is 321 g/mol. The summed E-state index contributed by atoms with van der Waals surface area (Å²) in [4.78, 5) is 24.6. The number of benzene rings is 1. The van der Waals surface area contributed by atoms with Crippen molar-refractivity contribution in [1.82, 2.24) is 10.2 Å². The highest BCUT2D eigenvalue weighted by Gasteiger charge is 2.33. The van der Waals surface area contributed by atoms with Crippen molar-refractivity contribution in [2.45, 2.75) is 38.8 Å². The molecule has 1 aliphatic heterocycles. The van der Waals surface area contributed by atoms with Gasteiger partial charge in [0.15, 0.2) is 0 Å². The molecule has 0 aromatic heterocycles. The molecule has 0 bridgehead atoms. The Labute approximate surface area is 135 Å². The maximum atomic E-state index is 12.4. The first-order valence-corrected chi connectivity index (χ1v) is 7.78. The number of carbonyl (C=O) groups is 1. The highest BCUT2D eigenvalue weighted by Crippen LogP contribution is 2.22. The van der Waals surface area contributed by atoms with E-state index in [2.05, 4.69) is 5.32 Å². The van der Waals surface area contributed by atoms with Crippen LogP contribution in [0.1, 0.15) is 38.8 Å². The molecule has 1 aromatic rings. The predicted octanol–water partition coefficient (Wildman–Crippen LogP) is 2.87. The zero-order valence-electron chi connectivity index (χ0n) is 13.7. The molecule has 23 heavy (non-hydrogen) atoms. The number of morpholine rings is 1. The van der Waals surface area contributed by atoms with Crippen LogP contribution in [0.2, 0.25) is 0 Å². The summed E-state index contributed by atoms with van der Waals surface area (Å²) in [6, 6.07) is 5.84. The lowest BCUT2D eigenvalue weighted by atomic mass is 10.0. The Bertz CT molecular complexity index is 592. The number of rotatable bonds is 4. The lowest BCUT2D eigenvalue weighted by Gasteiger charge is -2.40. The average Bonchev–Trinajstić information content (AvgIpc) is 2.55. The van der Waals surface area contributed by atoms with Gasteiger partial charge in [-0.2, -0.15) is 0 Å². The van der Waals surface area contributed by atoms with Crippen LogP contribution in [-0.2, 0) is 4.74 Å². The highest BCUT2D eigenvalue weighted by atomic mass is 16.6. The number of nitro benzene ring substituents is 1. The largest absolute Gasteiger partial charge is 0.372 e. The minimum absolute atomic E-state index is 0.0218. The van der Waals surface area contributed by atoms with Gasteiger partial charge in [-0.3, -0.25) is 10.1 Å². The Hall–Kier alpha value is -2.15. The van der Waals surface area contributed by atoms with Crippen LogP contribution in [0.25, 0.3) is 0 Å². The van der Waals surface area contributed by atoms with Crippen molar-refractivity contribution in [2.75, 3.05) is 19.7 Å². The number of non-ortho nitro benzene ring substituents is 1. The molecule has 1 N–H and O–H groups in total. The Morgan fingerprint density at radius 3 is 2.96 bits per heavy atom. The second kappa shape index (κ2) is 6.95. The molecular formula is C16H23N3O4. The third-order valence-electron chi connectivity index (χ3n) is 4.29. The Balaban J connectivity index is 2.02. The van der Waals surface area contributed by atoms with Gasteiger partial charge >= 0.3 is 6.03 Å². The molecule has 1 fully saturated rings. The average molecular weight is 321 g/mol. The van der Waals surface area contributed by atoms with Crippen molar-refractivity contribution in [3.63, 3.8) is 0 Å². The summed E-state index contributed by atoms with van der Waals surface area (Å²) in [6.07, 6.45) is 0.831. The fourth-order valence-electron chi connectivity index (χ4n) is 2.59. The van der Waals surface area contributed by atoms with Crippen LogP contribution in [0, 0.1) is 10.1 Å². The van der Waals surface area contributed by atoms with Gasteiger partial charge in [-0.15, -0.1) is 0 Å². The van der Waals surface area contributed by atoms with Crippen LogP contribution < -0.4 is 5.32 Å². The summed E-state index contributed by atoms with van der Waals surface area (Å²) in [5, 5.41) is 13.7. The summed E-state index contributed by atoms with van der Waals surface area (Å²) in [5.41, 5.74) is 0.414. The van der Waals surface area contributed by atoms with Crippen LogP contribution in [-0.4, -0.2) is 41.2 Å². The Kier molecular flexibility index (Phi) is 5.20. The van der Waals surface area contributed by atoms with Gasteiger partial charge in [-0.05, 0) is 25.8 Å². The summed E-state index contributed by atoms with van der Waals surface area (Å²) in [5.74, 6) is 0. The number of nitrogens with zero attached hydrogens (tertiary/aromatic N) is 2. The number of nitro groups is 1. The third-order valence-corrected chi connectivity index (χ3v) is 4.29. The highest BCUT2D eigenvalue weighted by molar-refractivity contribution is 5.75. The molecule has 0 unspecified atom stereocenters. The van der Waals surface area contributed by atoms with E-state index in [-0.39, 0.29) is 23.4 Å². The van der Waals surface area contributed by atoms with Crippen LogP contribution in [0.15, 0.2) is 24.3 Å². The van der Waals surface area contributed by atoms with Crippen molar-refractivity contribution in [3.05, 3.63) is 39.9 Å². The number of nitrogens with one attached hydrogen (secondary N) is 1. The molecule has 1 heterocycles. The van der Waals surface area contributed by atoms with Crippen LogP contribution >= 0.6 is 0 Å². The number of urea groups is 1. The normalized spacial score (nSPS) is 22.5. The Morgan fingerprint density at radius 2 is 2.30 bits per heavy atom. The molecule has 0 saturated carbocycles. The summed E-state index contributed by atoms with van der Waals surface area (Å²) < 4.78 is 5.73. The second-order valence-electron chi connectivity index (χ2n) is 6.10. The van der Waals surface area contributed by atoms with E-state index in [9.17, 15) is 14.9 Å². The van der Waals surface area contributed by atoms with Crippen LogP contribution in [0.5, 0.6) is 0 Å². The first kappa shape index (κ1) is 17.2. The van der Waals surface area contributed by atoms with Crippen molar-refractivity contribution >= 4 is 11.7 Å². The third kappa shape index (κ3) is 4.19. The van der Waals surface area contributed by atoms with Gasteiger partial charge in [0.1, 0.15) is 0 Å². The van der Waals surface area contributed by atoms with E-state index in [1.807, 2.05) is 20.8 Å². The molecule has 2 rings (SSSR count). The Morgan fingerprint density at radius 1 is 1.57 bits per heavy atom. The number of hydrogen-bond acceptors (Lipinski definition) is 4. The quantitative estimate of drug-likeness (QED) is 0.682. The van der Waals surface area contributed by atoms with Crippen molar-refractivity contribution in [2.24, 2.45) is 0 Å². The van der Waals surface area contributed by atoms with Gasteiger partial charge in [0.2, 0.25) is 0 Å². The standard InChI is InChI=1S/C16H23N3O4/c1-4-16(3)11-18(8-9-23-16)15(20)17-12(2)13-6-5-7-14(10-13)19(21)22/h5-7,10,12H,4,8-9,11H2,1-3H3,(H,17,20)/t12-,16+/m1/s1. The van der Waals surface area contributed by atoms with Crippen molar-refractivity contribution < 1.29 is 14.5 Å². The first-order chi connectivity index (χ1) is 10.8. The van der Waals surface area contributed by atoms with E-state index in [1.165, 1.54) is 12.1 Å². The maximum absolute atomic E-state index is 12.4. The molecule has 126 valence electrons. The summed E-state index contributed by atoms with van der Waals surface area (Å²) >= 11 is 0. The summed E-state index contributed by atoms with van der Waals surface area (Å²) in [7, 11) is 0. The molecule has 7 nitrogen and oxygen atoms in total. The molecule has 2 amide bonds. The molecule has 7 heteroatoms. The van der Waals surface area contributed by atoms with Gasteiger partial charge in [0.05, 0.1) is 29.7 Å². The zero-order chi connectivity index (χ0) is 17.0. The SMILES string of the molecule is CC[C@@]1(C)CN(C(=O)N[C@H](C)c2cccc([N+](=O)[O-])c2)CCO1. The van der Waals surface area contributed by atoms with E-state index in [1.54, 1.807) is 17.0 Å². The zero-order valence-corrected chi connectivity index (χ0v) is 13.7. The molecule has 1 aromatic carbocycles. The predicted molar refractivity (Wildman–Crippen MR) is 86.3 cm³/mol. The lowest BCUT2D eigenvalue weighted by molar-refractivity contribution is -0.384. The van der Waals surface area contributed by atoms with E-state index < -0.39 is 4.92 Å². The maximum Gasteiger partial charge on any atom is 0.318 e. The number of hydrogen-bond donors (Lipinski definition) is 1. The van der Waals surface area contributed by atoms with Crippen LogP contribution in [0.3, 0.4) is 0 Å². The van der Waals surface area contributed by atoms with Crippen LogP contribution in [0.4, 0.5) is 10.5 Å². The van der Waals surface area contributed by atoms with E-state index in [4.69, 9.17) is 4.74 Å². The van der Waals surface area contributed by atoms with Gasteiger partial charge in [-0.1, -0.05) is 19.1 Å². The second-order valence-corrected chi connectivity index (χ2v) is 6.10. The molecule has 2 atom stereocenters.